The first-order chi connectivity index (χ1) is 27.3. The topological polar surface area (TPSA) is 16.4 Å². The summed E-state index contributed by atoms with van der Waals surface area (Å²) in [5, 5.41) is 2.33. The molecule has 0 atom stereocenters. The smallest absolute Gasteiger partial charge is 0.143 e. The standard InChI is InChI=1S/C54H41NO/c1-53(2)45-21-10-8-19-43(45)50-40(20-13-22-46(50)53)36-16-12-17-38(32-36)55(37-26-24-35(25-27-37)34-14-6-5-7-15-34)39-28-29-44-48(33-39)54(3,4)47-31-30-42-41-18-9-11-23-49(41)56-52(42)51(44)47/h5-33H,1-4H3. The zero-order valence-corrected chi connectivity index (χ0v) is 32.1. The number of rotatable bonds is 5. The first kappa shape index (κ1) is 32.8. The highest BCUT2D eigenvalue weighted by Crippen LogP contribution is 2.55. The van der Waals surface area contributed by atoms with Crippen molar-refractivity contribution in [2.24, 2.45) is 0 Å². The third-order valence-electron chi connectivity index (χ3n) is 12.7. The van der Waals surface area contributed by atoms with E-state index < -0.39 is 0 Å². The maximum atomic E-state index is 6.62. The Balaban J connectivity index is 1.09. The molecule has 0 N–H and O–H groups in total. The average Bonchev–Trinajstić information content (AvgIpc) is 3.81. The van der Waals surface area contributed by atoms with Crippen LogP contribution in [0.2, 0.25) is 0 Å². The van der Waals surface area contributed by atoms with Crippen LogP contribution in [0, 0.1) is 0 Å². The molecule has 0 fully saturated rings. The van der Waals surface area contributed by atoms with Crippen LogP contribution in [0.1, 0.15) is 49.9 Å². The Morgan fingerprint density at radius 3 is 1.84 bits per heavy atom. The van der Waals surface area contributed by atoms with Crippen molar-refractivity contribution in [1.29, 1.82) is 0 Å². The van der Waals surface area contributed by atoms with Crippen molar-refractivity contribution < 1.29 is 4.42 Å². The minimum absolute atomic E-state index is 0.0607. The summed E-state index contributed by atoms with van der Waals surface area (Å²) in [5.74, 6) is 0. The molecule has 0 aliphatic heterocycles. The molecular formula is C54H41NO. The second-order valence-corrected chi connectivity index (χ2v) is 16.5. The Kier molecular flexibility index (Phi) is 6.98. The summed E-state index contributed by atoms with van der Waals surface area (Å²) in [6.07, 6.45) is 0. The Morgan fingerprint density at radius 2 is 0.982 bits per heavy atom. The van der Waals surface area contributed by atoms with Crippen LogP contribution in [0.3, 0.4) is 0 Å². The zero-order valence-electron chi connectivity index (χ0n) is 32.1. The van der Waals surface area contributed by atoms with E-state index in [1.54, 1.807) is 0 Å². The number of nitrogens with zero attached hydrogens (tertiary/aromatic N) is 1. The number of para-hydroxylation sites is 1. The van der Waals surface area contributed by atoms with Gasteiger partial charge in [-0.15, -0.1) is 0 Å². The van der Waals surface area contributed by atoms with Crippen LogP contribution in [0.15, 0.2) is 180 Å². The molecule has 2 nitrogen and oxygen atoms in total. The Hall–Kier alpha value is -6.64. The van der Waals surface area contributed by atoms with E-state index in [2.05, 4.69) is 209 Å². The molecule has 2 heteroatoms. The largest absolute Gasteiger partial charge is 0.455 e. The van der Waals surface area contributed by atoms with Gasteiger partial charge < -0.3 is 9.32 Å². The van der Waals surface area contributed by atoms with Crippen LogP contribution in [0.5, 0.6) is 0 Å². The van der Waals surface area contributed by atoms with E-state index >= 15 is 0 Å². The highest BCUT2D eigenvalue weighted by molar-refractivity contribution is 6.12. The van der Waals surface area contributed by atoms with Gasteiger partial charge in [0.15, 0.2) is 0 Å². The monoisotopic (exact) mass is 719 g/mol. The fourth-order valence-corrected chi connectivity index (χ4v) is 9.82. The lowest BCUT2D eigenvalue weighted by atomic mass is 9.82. The van der Waals surface area contributed by atoms with Crippen molar-refractivity contribution in [3.05, 3.63) is 198 Å². The van der Waals surface area contributed by atoms with Gasteiger partial charge in [0.25, 0.3) is 0 Å². The van der Waals surface area contributed by atoms with Crippen molar-refractivity contribution >= 4 is 39.0 Å². The molecule has 1 heterocycles. The van der Waals surface area contributed by atoms with Crippen LogP contribution in [0.25, 0.3) is 66.4 Å². The van der Waals surface area contributed by atoms with E-state index in [0.29, 0.717) is 0 Å². The van der Waals surface area contributed by atoms with E-state index in [1.807, 2.05) is 0 Å². The Labute approximate surface area is 328 Å². The Bertz CT molecular complexity index is 3020. The zero-order chi connectivity index (χ0) is 37.8. The third-order valence-corrected chi connectivity index (χ3v) is 12.7. The number of hydrogen-bond donors (Lipinski definition) is 0. The molecule has 2 aliphatic carbocycles. The van der Waals surface area contributed by atoms with Gasteiger partial charge in [0.2, 0.25) is 0 Å². The summed E-state index contributed by atoms with van der Waals surface area (Å²) in [6.45, 7) is 9.41. The van der Waals surface area contributed by atoms with Gasteiger partial charge in [0, 0.05) is 44.2 Å². The lowest BCUT2D eigenvalue weighted by Crippen LogP contribution is -2.16. The summed E-state index contributed by atoms with van der Waals surface area (Å²) in [4.78, 5) is 2.43. The second-order valence-electron chi connectivity index (χ2n) is 16.5. The number of fused-ring (bicyclic) bond motifs is 10. The van der Waals surface area contributed by atoms with Crippen LogP contribution in [0.4, 0.5) is 17.1 Å². The second kappa shape index (κ2) is 11.9. The van der Waals surface area contributed by atoms with Gasteiger partial charge in [-0.05, 0) is 104 Å². The van der Waals surface area contributed by atoms with Gasteiger partial charge in [0.1, 0.15) is 11.2 Å². The van der Waals surface area contributed by atoms with E-state index in [4.69, 9.17) is 4.42 Å². The molecule has 268 valence electrons. The lowest BCUT2D eigenvalue weighted by molar-refractivity contribution is 0.653. The predicted molar refractivity (Wildman–Crippen MR) is 234 cm³/mol. The minimum Gasteiger partial charge on any atom is -0.455 e. The molecule has 0 amide bonds. The van der Waals surface area contributed by atoms with Crippen LogP contribution < -0.4 is 4.90 Å². The molecule has 8 aromatic carbocycles. The maximum Gasteiger partial charge on any atom is 0.143 e. The molecule has 0 saturated carbocycles. The quantitative estimate of drug-likeness (QED) is 0.176. The van der Waals surface area contributed by atoms with Gasteiger partial charge in [-0.2, -0.15) is 0 Å². The van der Waals surface area contributed by atoms with Crippen molar-refractivity contribution in [3.8, 4) is 44.5 Å². The van der Waals surface area contributed by atoms with E-state index in [0.717, 1.165) is 33.6 Å². The molecule has 0 radical (unpaired) electrons. The first-order valence-corrected chi connectivity index (χ1v) is 19.7. The SMILES string of the molecule is CC1(C)c2ccccc2-c2c(-c3cccc(N(c4ccc(-c5ccccc5)cc4)c4ccc5c(c4)C(C)(C)c4ccc6c(oc7ccccc76)c4-5)c3)cccc21. The van der Waals surface area contributed by atoms with Crippen LogP contribution in [-0.2, 0) is 10.8 Å². The fraction of sp³-hybridized carbons (Fsp3) is 0.111. The number of hydrogen-bond acceptors (Lipinski definition) is 2. The van der Waals surface area contributed by atoms with Crippen LogP contribution in [-0.4, -0.2) is 0 Å². The minimum atomic E-state index is -0.219. The number of benzene rings is 8. The first-order valence-electron chi connectivity index (χ1n) is 19.7. The van der Waals surface area contributed by atoms with Crippen LogP contribution >= 0.6 is 0 Å². The average molecular weight is 720 g/mol. The van der Waals surface area contributed by atoms with Crippen molar-refractivity contribution in [1.82, 2.24) is 0 Å². The molecule has 9 aromatic rings. The molecule has 0 spiro atoms. The van der Waals surface area contributed by atoms with E-state index in [9.17, 15) is 0 Å². The molecule has 0 bridgehead atoms. The molecule has 0 unspecified atom stereocenters. The molecule has 1 aromatic heterocycles. The highest BCUT2D eigenvalue weighted by atomic mass is 16.3. The number of anilines is 3. The predicted octanol–water partition coefficient (Wildman–Crippen LogP) is 15.0. The van der Waals surface area contributed by atoms with Gasteiger partial charge in [-0.1, -0.05) is 161 Å². The molecule has 11 rings (SSSR count). The summed E-state index contributed by atoms with van der Waals surface area (Å²) in [5.41, 5.74) is 20.4. The van der Waals surface area contributed by atoms with Crippen molar-refractivity contribution in [2.75, 3.05) is 4.90 Å². The highest BCUT2D eigenvalue weighted by Gasteiger charge is 2.39. The molecule has 0 saturated heterocycles. The fourth-order valence-electron chi connectivity index (χ4n) is 9.82. The van der Waals surface area contributed by atoms with E-state index in [-0.39, 0.29) is 10.8 Å². The number of furan rings is 1. The normalized spacial score (nSPS) is 14.4. The lowest BCUT2D eigenvalue weighted by Gasteiger charge is -2.29. The summed E-state index contributed by atoms with van der Waals surface area (Å²) >= 11 is 0. The Morgan fingerprint density at radius 1 is 0.375 bits per heavy atom. The third kappa shape index (κ3) is 4.69. The summed E-state index contributed by atoms with van der Waals surface area (Å²) in [7, 11) is 0. The summed E-state index contributed by atoms with van der Waals surface area (Å²) in [6, 6.07) is 64.5. The van der Waals surface area contributed by atoms with Gasteiger partial charge >= 0.3 is 0 Å². The summed E-state index contributed by atoms with van der Waals surface area (Å²) < 4.78 is 6.62. The van der Waals surface area contributed by atoms with Gasteiger partial charge in [-0.3, -0.25) is 0 Å². The van der Waals surface area contributed by atoms with Crippen molar-refractivity contribution in [3.63, 3.8) is 0 Å². The molecule has 56 heavy (non-hydrogen) atoms. The van der Waals surface area contributed by atoms with Gasteiger partial charge in [0.05, 0.1) is 0 Å². The van der Waals surface area contributed by atoms with E-state index in [1.165, 1.54) is 72.1 Å². The maximum absolute atomic E-state index is 6.62. The molecular weight excluding hydrogens is 679 g/mol. The van der Waals surface area contributed by atoms with Gasteiger partial charge in [-0.25, -0.2) is 0 Å². The molecule has 2 aliphatic rings. The van der Waals surface area contributed by atoms with Crippen molar-refractivity contribution in [2.45, 2.75) is 38.5 Å².